The van der Waals surface area contributed by atoms with Crippen LogP contribution in [0.5, 0.6) is 17.2 Å². The van der Waals surface area contributed by atoms with E-state index in [9.17, 15) is 9.59 Å². The van der Waals surface area contributed by atoms with Gasteiger partial charge in [-0.2, -0.15) is 0 Å². The van der Waals surface area contributed by atoms with E-state index in [0.717, 1.165) is 16.4 Å². The third-order valence-corrected chi connectivity index (χ3v) is 5.43. The number of aromatic nitrogens is 3. The van der Waals surface area contributed by atoms with E-state index >= 15 is 0 Å². The molecule has 0 saturated carbocycles. The van der Waals surface area contributed by atoms with E-state index in [1.165, 1.54) is 21.3 Å². The number of H-pyrrole nitrogens is 1. The third kappa shape index (κ3) is 3.91. The fourth-order valence-electron chi connectivity index (χ4n) is 3.77. The van der Waals surface area contributed by atoms with Crippen molar-refractivity contribution in [3.8, 4) is 17.2 Å². The molecule has 10 heteroatoms. The summed E-state index contributed by atoms with van der Waals surface area (Å²) in [6.45, 7) is 1.60. The monoisotopic (exact) mass is 451 g/mol. The van der Waals surface area contributed by atoms with Gasteiger partial charge in [0.15, 0.2) is 11.5 Å². The average Bonchev–Trinajstić information content (AvgIpc) is 3.37. The van der Waals surface area contributed by atoms with Crippen molar-refractivity contribution in [1.82, 2.24) is 19.9 Å². The van der Waals surface area contributed by atoms with Gasteiger partial charge >= 0.3 is 0 Å². The number of fused-ring (bicyclic) bond motifs is 2. The summed E-state index contributed by atoms with van der Waals surface area (Å²) in [5.41, 5.74) is 2.56. The van der Waals surface area contributed by atoms with Gasteiger partial charge in [-0.15, -0.1) is 0 Å². The minimum absolute atomic E-state index is 0.316. The molecule has 2 aromatic carbocycles. The molecular formula is C23H25N5O5. The van der Waals surface area contributed by atoms with Gasteiger partial charge in [0.1, 0.15) is 11.7 Å². The number of carbonyl (C=O) groups excluding carboxylic acids is 2. The zero-order chi connectivity index (χ0) is 23.7. The average molecular weight is 451 g/mol. The van der Waals surface area contributed by atoms with Gasteiger partial charge in [-0.05, 0) is 31.2 Å². The molecule has 2 amide bonds. The Morgan fingerprint density at radius 1 is 1.06 bits per heavy atom. The molecule has 4 aromatic rings. The van der Waals surface area contributed by atoms with Crippen molar-refractivity contribution < 1.29 is 23.8 Å². The summed E-state index contributed by atoms with van der Waals surface area (Å²) in [5, 5.41) is 6.16. The highest BCUT2D eigenvalue weighted by molar-refractivity contribution is 6.04. The maximum absolute atomic E-state index is 13.0. The molecule has 4 rings (SSSR count). The Hall–Kier alpha value is -4.21. The Morgan fingerprint density at radius 2 is 1.79 bits per heavy atom. The van der Waals surface area contributed by atoms with E-state index in [1.54, 1.807) is 30.7 Å². The normalized spacial score (nSPS) is 11.9. The molecule has 0 aliphatic heterocycles. The van der Waals surface area contributed by atoms with E-state index in [0.29, 0.717) is 34.4 Å². The minimum atomic E-state index is -0.810. The van der Waals surface area contributed by atoms with Crippen molar-refractivity contribution in [1.29, 1.82) is 0 Å². The summed E-state index contributed by atoms with van der Waals surface area (Å²) in [5.74, 6) is 0.861. The van der Waals surface area contributed by atoms with Crippen LogP contribution < -0.4 is 24.8 Å². The molecule has 0 aliphatic carbocycles. The molecule has 0 bridgehead atoms. The maximum atomic E-state index is 13.0. The number of carbonyl (C=O) groups is 2. The molecule has 3 N–H and O–H groups in total. The second-order valence-corrected chi connectivity index (χ2v) is 7.46. The molecule has 33 heavy (non-hydrogen) atoms. The Morgan fingerprint density at radius 3 is 2.45 bits per heavy atom. The van der Waals surface area contributed by atoms with Gasteiger partial charge in [-0.1, -0.05) is 12.1 Å². The molecular weight excluding hydrogens is 426 g/mol. The van der Waals surface area contributed by atoms with Gasteiger partial charge in [0, 0.05) is 12.4 Å². The van der Waals surface area contributed by atoms with Crippen LogP contribution in [0.1, 0.15) is 17.4 Å². The Bertz CT molecular complexity index is 1320. The van der Waals surface area contributed by atoms with E-state index < -0.39 is 17.9 Å². The van der Waals surface area contributed by atoms with Crippen molar-refractivity contribution in [2.75, 3.05) is 26.6 Å². The van der Waals surface area contributed by atoms with Crippen molar-refractivity contribution in [3.05, 3.63) is 42.1 Å². The zero-order valence-corrected chi connectivity index (χ0v) is 19.0. The maximum Gasteiger partial charge on any atom is 0.268 e. The fourth-order valence-corrected chi connectivity index (χ4v) is 3.77. The third-order valence-electron chi connectivity index (χ3n) is 5.43. The first-order valence-electron chi connectivity index (χ1n) is 10.2. The van der Waals surface area contributed by atoms with Crippen LogP contribution >= 0.6 is 0 Å². The summed E-state index contributed by atoms with van der Waals surface area (Å²) >= 11 is 0. The molecule has 0 saturated heterocycles. The lowest BCUT2D eigenvalue weighted by atomic mass is 10.2. The summed E-state index contributed by atoms with van der Waals surface area (Å²) in [6.07, 6.45) is 0. The molecule has 1 atom stereocenters. The van der Waals surface area contributed by atoms with Crippen LogP contribution in [0.3, 0.4) is 0 Å². The van der Waals surface area contributed by atoms with Crippen molar-refractivity contribution in [2.45, 2.75) is 13.0 Å². The van der Waals surface area contributed by atoms with Crippen molar-refractivity contribution >= 4 is 39.7 Å². The summed E-state index contributed by atoms with van der Waals surface area (Å²) in [6, 6.07) is 10.1. The number of amides is 2. The van der Waals surface area contributed by atoms with Gasteiger partial charge in [0.05, 0.1) is 37.9 Å². The van der Waals surface area contributed by atoms with E-state index in [-0.39, 0.29) is 0 Å². The second-order valence-electron chi connectivity index (χ2n) is 7.46. The predicted octanol–water partition coefficient (Wildman–Crippen LogP) is 2.84. The number of nitrogens with one attached hydrogen (secondary N) is 3. The van der Waals surface area contributed by atoms with E-state index in [1.807, 2.05) is 24.3 Å². The fraction of sp³-hybridized carbons (Fsp3) is 0.261. The van der Waals surface area contributed by atoms with Gasteiger partial charge in [-0.3, -0.25) is 14.9 Å². The predicted molar refractivity (Wildman–Crippen MR) is 124 cm³/mol. The highest BCUT2D eigenvalue weighted by atomic mass is 16.5. The van der Waals surface area contributed by atoms with Crippen molar-refractivity contribution in [3.63, 3.8) is 0 Å². The molecule has 0 aliphatic rings. The molecule has 10 nitrogen and oxygen atoms in total. The zero-order valence-electron chi connectivity index (χ0n) is 19.0. The number of hydrogen-bond donors (Lipinski definition) is 3. The number of methoxy groups -OCH3 is 3. The van der Waals surface area contributed by atoms with Crippen LogP contribution in [0.4, 0.5) is 5.95 Å². The number of aryl methyl sites for hydroxylation is 1. The van der Waals surface area contributed by atoms with Gasteiger partial charge in [0.2, 0.25) is 17.6 Å². The standard InChI is InChI=1S/C23H25N5O5/c1-12(21(29)27-23-25-14-8-6-7-9-15(14)26-23)24-22(30)16-10-13-11-17(31-3)19(32-4)20(33-5)18(13)28(16)2/h6-12H,1-5H3,(H,24,30)(H2,25,26,27,29). The van der Waals surface area contributed by atoms with E-state index in [4.69, 9.17) is 14.2 Å². The first-order chi connectivity index (χ1) is 15.9. The second kappa shape index (κ2) is 8.73. The first-order valence-corrected chi connectivity index (χ1v) is 10.2. The number of anilines is 1. The summed E-state index contributed by atoms with van der Waals surface area (Å²) in [7, 11) is 6.31. The minimum Gasteiger partial charge on any atom is -0.493 e. The number of benzene rings is 2. The van der Waals surface area contributed by atoms with Crippen LogP contribution in [0.2, 0.25) is 0 Å². The number of para-hydroxylation sites is 2. The summed E-state index contributed by atoms with van der Waals surface area (Å²) < 4.78 is 18.1. The molecule has 0 radical (unpaired) electrons. The molecule has 0 fully saturated rings. The highest BCUT2D eigenvalue weighted by Gasteiger charge is 2.24. The lowest BCUT2D eigenvalue weighted by Crippen LogP contribution is -2.42. The van der Waals surface area contributed by atoms with Crippen LogP contribution in [0, 0.1) is 0 Å². The molecule has 2 aromatic heterocycles. The van der Waals surface area contributed by atoms with Crippen LogP contribution in [0.25, 0.3) is 21.9 Å². The Kier molecular flexibility index (Phi) is 5.82. The van der Waals surface area contributed by atoms with Crippen LogP contribution in [-0.2, 0) is 11.8 Å². The largest absolute Gasteiger partial charge is 0.493 e. The number of nitrogens with zero attached hydrogens (tertiary/aromatic N) is 2. The topological polar surface area (TPSA) is 120 Å². The quantitative estimate of drug-likeness (QED) is 0.398. The van der Waals surface area contributed by atoms with Crippen LogP contribution in [-0.4, -0.2) is 53.7 Å². The number of ether oxygens (including phenoxy) is 3. The molecule has 0 spiro atoms. The van der Waals surface area contributed by atoms with Crippen LogP contribution in [0.15, 0.2) is 36.4 Å². The van der Waals surface area contributed by atoms with E-state index in [2.05, 4.69) is 20.6 Å². The van der Waals surface area contributed by atoms with Crippen molar-refractivity contribution in [2.24, 2.45) is 7.05 Å². The Labute approximate surface area is 189 Å². The van der Waals surface area contributed by atoms with Gasteiger partial charge in [-0.25, -0.2) is 4.98 Å². The number of aromatic amines is 1. The Balaban J connectivity index is 1.56. The first kappa shape index (κ1) is 22.0. The number of rotatable bonds is 7. The smallest absolute Gasteiger partial charge is 0.268 e. The number of imidazole rings is 1. The SMILES string of the molecule is COc1cc2cc(C(=O)NC(C)C(=O)Nc3nc4ccccc4[nH]3)n(C)c2c(OC)c1OC. The number of hydrogen-bond acceptors (Lipinski definition) is 6. The molecule has 1 unspecified atom stereocenters. The van der Waals surface area contributed by atoms with Gasteiger partial charge in [0.25, 0.3) is 5.91 Å². The molecule has 172 valence electrons. The summed E-state index contributed by atoms with van der Waals surface area (Å²) in [4.78, 5) is 33.0. The molecule has 2 heterocycles. The van der Waals surface area contributed by atoms with Gasteiger partial charge < -0.3 is 29.1 Å². The lowest BCUT2D eigenvalue weighted by Gasteiger charge is -2.15. The lowest BCUT2D eigenvalue weighted by molar-refractivity contribution is -0.117. The highest BCUT2D eigenvalue weighted by Crippen LogP contribution is 2.44.